The van der Waals surface area contributed by atoms with Gasteiger partial charge in [-0.2, -0.15) is 4.98 Å². The van der Waals surface area contributed by atoms with Crippen LogP contribution < -0.4 is 5.73 Å². The molecule has 1 heterocycles. The van der Waals surface area contributed by atoms with Crippen LogP contribution in [0.4, 0.5) is 0 Å². The Balaban J connectivity index is 2.37. The first kappa shape index (κ1) is 8.22. The van der Waals surface area contributed by atoms with Crippen LogP contribution >= 0.6 is 0 Å². The van der Waals surface area contributed by atoms with Gasteiger partial charge < -0.3 is 10.3 Å². The fourth-order valence-electron chi connectivity index (χ4n) is 1.60. The Kier molecular flexibility index (Phi) is 1.61. The van der Waals surface area contributed by atoms with E-state index in [1.54, 1.807) is 6.92 Å². The zero-order valence-electron chi connectivity index (χ0n) is 7.41. The van der Waals surface area contributed by atoms with Crippen LogP contribution in [0, 0.1) is 6.92 Å². The van der Waals surface area contributed by atoms with Gasteiger partial charge in [-0.1, -0.05) is 11.6 Å². The van der Waals surface area contributed by atoms with E-state index in [0.29, 0.717) is 11.7 Å². The highest BCUT2D eigenvalue weighted by Crippen LogP contribution is 2.41. The van der Waals surface area contributed by atoms with E-state index in [4.69, 9.17) is 10.3 Å². The molecule has 1 aromatic rings. The molecule has 1 aliphatic carbocycles. The smallest absolute Gasteiger partial charge is 0.231 e. The molecule has 0 unspecified atom stereocenters. The summed E-state index contributed by atoms with van der Waals surface area (Å²) >= 11 is 0. The van der Waals surface area contributed by atoms with Gasteiger partial charge in [-0.05, 0) is 12.8 Å². The lowest BCUT2D eigenvalue weighted by Gasteiger charge is -2.35. The van der Waals surface area contributed by atoms with Gasteiger partial charge in [0.15, 0.2) is 5.82 Å². The predicted molar refractivity (Wildman–Crippen MR) is 43.8 cm³/mol. The van der Waals surface area contributed by atoms with Crippen LogP contribution in [-0.4, -0.2) is 16.0 Å². The van der Waals surface area contributed by atoms with Crippen LogP contribution in [0.15, 0.2) is 4.52 Å². The largest absolute Gasteiger partial charge is 0.369 e. The molecule has 1 aromatic heterocycles. The summed E-state index contributed by atoms with van der Waals surface area (Å²) in [6.45, 7) is 1.70. The van der Waals surface area contributed by atoms with Crippen molar-refractivity contribution in [2.24, 2.45) is 5.73 Å². The van der Waals surface area contributed by atoms with Crippen molar-refractivity contribution >= 4 is 5.91 Å². The molecule has 0 spiro atoms. The monoisotopic (exact) mass is 181 g/mol. The highest BCUT2D eigenvalue weighted by atomic mass is 16.5. The average Bonchev–Trinajstić information content (AvgIpc) is 2.32. The van der Waals surface area contributed by atoms with Gasteiger partial charge in [0, 0.05) is 6.92 Å². The lowest BCUT2D eigenvalue weighted by atomic mass is 9.67. The molecule has 1 aliphatic rings. The van der Waals surface area contributed by atoms with Crippen LogP contribution in [0.5, 0.6) is 0 Å². The molecular weight excluding hydrogens is 170 g/mol. The van der Waals surface area contributed by atoms with Gasteiger partial charge in [-0.3, -0.25) is 4.79 Å². The minimum atomic E-state index is -0.641. The Labute approximate surface area is 75.3 Å². The van der Waals surface area contributed by atoms with Gasteiger partial charge in [0.05, 0.1) is 0 Å². The number of carbonyl (C=O) groups excluding carboxylic acids is 1. The number of hydrogen-bond donors (Lipinski definition) is 1. The number of rotatable bonds is 2. The normalized spacial score (nSPS) is 19.5. The number of aromatic nitrogens is 2. The lowest BCUT2D eigenvalue weighted by Crippen LogP contribution is -2.47. The molecule has 5 heteroatoms. The Morgan fingerprint density at radius 3 is 2.62 bits per heavy atom. The molecule has 70 valence electrons. The van der Waals surface area contributed by atoms with E-state index in [2.05, 4.69) is 10.1 Å². The third-order valence-electron chi connectivity index (χ3n) is 2.63. The molecule has 2 rings (SSSR count). The van der Waals surface area contributed by atoms with Gasteiger partial charge in [0.2, 0.25) is 11.8 Å². The summed E-state index contributed by atoms with van der Waals surface area (Å²) in [6, 6.07) is 0. The number of amides is 1. The first-order valence-electron chi connectivity index (χ1n) is 4.26. The van der Waals surface area contributed by atoms with Crippen molar-refractivity contribution in [2.45, 2.75) is 31.6 Å². The quantitative estimate of drug-likeness (QED) is 0.710. The van der Waals surface area contributed by atoms with E-state index < -0.39 is 5.41 Å². The maximum atomic E-state index is 11.2. The van der Waals surface area contributed by atoms with E-state index in [0.717, 1.165) is 19.3 Å². The number of nitrogens with two attached hydrogens (primary N) is 1. The maximum Gasteiger partial charge on any atom is 0.231 e. The van der Waals surface area contributed by atoms with E-state index in [1.165, 1.54) is 0 Å². The molecule has 0 aliphatic heterocycles. The summed E-state index contributed by atoms with van der Waals surface area (Å²) in [7, 11) is 0. The predicted octanol–water partition coefficient (Wildman–Crippen LogP) is 0.285. The lowest BCUT2D eigenvalue weighted by molar-refractivity contribution is -0.127. The van der Waals surface area contributed by atoms with Crippen LogP contribution in [0.3, 0.4) is 0 Å². The van der Waals surface area contributed by atoms with Crippen molar-refractivity contribution in [3.63, 3.8) is 0 Å². The summed E-state index contributed by atoms with van der Waals surface area (Å²) in [5.74, 6) is 0.575. The van der Waals surface area contributed by atoms with Gasteiger partial charge in [-0.15, -0.1) is 0 Å². The molecule has 0 bridgehead atoms. The van der Waals surface area contributed by atoms with E-state index in [-0.39, 0.29) is 5.91 Å². The first-order valence-corrected chi connectivity index (χ1v) is 4.26. The van der Waals surface area contributed by atoms with Crippen LogP contribution in [0.1, 0.15) is 31.0 Å². The molecule has 0 atom stereocenters. The van der Waals surface area contributed by atoms with Crippen molar-refractivity contribution in [3.05, 3.63) is 11.7 Å². The average molecular weight is 181 g/mol. The third kappa shape index (κ3) is 1.03. The first-order chi connectivity index (χ1) is 6.15. The Hall–Kier alpha value is -1.39. The summed E-state index contributed by atoms with van der Waals surface area (Å²) in [4.78, 5) is 15.3. The van der Waals surface area contributed by atoms with E-state index in [9.17, 15) is 4.79 Å². The fraction of sp³-hybridized carbons (Fsp3) is 0.625. The highest BCUT2D eigenvalue weighted by Gasteiger charge is 2.48. The third-order valence-corrected chi connectivity index (χ3v) is 2.63. The molecule has 13 heavy (non-hydrogen) atoms. The van der Waals surface area contributed by atoms with Crippen molar-refractivity contribution in [1.29, 1.82) is 0 Å². The molecule has 0 radical (unpaired) electrons. The second-order valence-corrected chi connectivity index (χ2v) is 3.44. The zero-order valence-corrected chi connectivity index (χ0v) is 7.41. The van der Waals surface area contributed by atoms with Crippen LogP contribution in [-0.2, 0) is 10.2 Å². The zero-order chi connectivity index (χ0) is 9.47. The highest BCUT2D eigenvalue weighted by molar-refractivity contribution is 5.86. The number of primary amides is 1. The number of nitrogens with zero attached hydrogens (tertiary/aromatic N) is 2. The van der Waals surface area contributed by atoms with Gasteiger partial charge in [-0.25, -0.2) is 0 Å². The second-order valence-electron chi connectivity index (χ2n) is 3.44. The van der Waals surface area contributed by atoms with Crippen molar-refractivity contribution in [2.75, 3.05) is 0 Å². The molecule has 0 aromatic carbocycles. The van der Waals surface area contributed by atoms with Crippen molar-refractivity contribution in [3.8, 4) is 0 Å². The molecule has 1 amide bonds. The Morgan fingerprint density at radius 2 is 2.31 bits per heavy atom. The standard InChI is InChI=1S/C8H11N3O2/c1-5-10-7(11-13-5)8(6(9)12)3-2-4-8/h2-4H2,1H3,(H2,9,12). The summed E-state index contributed by atoms with van der Waals surface area (Å²) in [5, 5.41) is 3.74. The molecule has 1 saturated carbocycles. The van der Waals surface area contributed by atoms with E-state index in [1.807, 2.05) is 0 Å². The van der Waals surface area contributed by atoms with Crippen molar-refractivity contribution < 1.29 is 9.32 Å². The number of aryl methyl sites for hydroxylation is 1. The number of hydrogen-bond acceptors (Lipinski definition) is 4. The second kappa shape index (κ2) is 2.55. The minimum absolute atomic E-state index is 0.348. The Morgan fingerprint density at radius 1 is 1.62 bits per heavy atom. The molecular formula is C8H11N3O2. The fourth-order valence-corrected chi connectivity index (χ4v) is 1.60. The minimum Gasteiger partial charge on any atom is -0.369 e. The molecule has 0 saturated heterocycles. The summed E-state index contributed by atoms with van der Waals surface area (Å²) in [5.41, 5.74) is 4.67. The molecule has 5 nitrogen and oxygen atoms in total. The summed E-state index contributed by atoms with van der Waals surface area (Å²) < 4.78 is 4.83. The van der Waals surface area contributed by atoms with Crippen LogP contribution in [0.2, 0.25) is 0 Å². The maximum absolute atomic E-state index is 11.2. The van der Waals surface area contributed by atoms with Gasteiger partial charge >= 0.3 is 0 Å². The van der Waals surface area contributed by atoms with E-state index >= 15 is 0 Å². The molecule has 1 fully saturated rings. The topological polar surface area (TPSA) is 82.0 Å². The molecule has 2 N–H and O–H groups in total. The van der Waals surface area contributed by atoms with Crippen LogP contribution in [0.25, 0.3) is 0 Å². The van der Waals surface area contributed by atoms with Gasteiger partial charge in [0.1, 0.15) is 5.41 Å². The van der Waals surface area contributed by atoms with Gasteiger partial charge in [0.25, 0.3) is 0 Å². The Bertz CT molecular complexity index is 341. The summed E-state index contributed by atoms with van der Waals surface area (Å²) in [6.07, 6.45) is 2.47. The number of carbonyl (C=O) groups is 1. The van der Waals surface area contributed by atoms with Crippen molar-refractivity contribution in [1.82, 2.24) is 10.1 Å². The SMILES string of the molecule is Cc1nc(C2(C(N)=O)CCC2)no1.